The summed E-state index contributed by atoms with van der Waals surface area (Å²) in [5.74, 6) is 0.263. The second-order valence-corrected chi connectivity index (χ2v) is 8.39. The minimum atomic E-state index is -0.362. The maximum Gasteiger partial charge on any atom is 0.255 e. The molecule has 3 nitrogen and oxygen atoms in total. The van der Waals surface area contributed by atoms with E-state index in [9.17, 15) is 9.18 Å². The van der Waals surface area contributed by atoms with E-state index in [2.05, 4.69) is 0 Å². The van der Waals surface area contributed by atoms with Gasteiger partial charge in [-0.2, -0.15) is 0 Å². The zero-order valence-electron chi connectivity index (χ0n) is 16.1. The van der Waals surface area contributed by atoms with Crippen LogP contribution in [0.15, 0.2) is 99.1 Å². The number of halogens is 2. The smallest absolute Gasteiger partial charge is 0.255 e. The molecular weight excluding hydrogens is 433 g/mol. The Kier molecular flexibility index (Phi) is 5.14. The van der Waals surface area contributed by atoms with E-state index in [0.717, 1.165) is 21.2 Å². The van der Waals surface area contributed by atoms with Crippen molar-refractivity contribution in [2.45, 2.75) is 9.79 Å². The Bertz CT molecular complexity index is 1330. The highest BCUT2D eigenvalue weighted by molar-refractivity contribution is 7.99. The van der Waals surface area contributed by atoms with Gasteiger partial charge in [-0.1, -0.05) is 47.6 Å². The fourth-order valence-corrected chi connectivity index (χ4v) is 4.65. The van der Waals surface area contributed by atoms with Crippen LogP contribution in [0.2, 0.25) is 5.02 Å². The number of fused-ring (bicyclic) bond motifs is 2. The Labute approximate surface area is 187 Å². The van der Waals surface area contributed by atoms with Gasteiger partial charge in [-0.05, 0) is 60.7 Å². The van der Waals surface area contributed by atoms with Gasteiger partial charge in [0.2, 0.25) is 0 Å². The number of nitrogens with zero attached hydrogens (tertiary/aromatic N) is 1. The van der Waals surface area contributed by atoms with Crippen LogP contribution in [-0.2, 0) is 4.79 Å². The molecule has 0 N–H and O–H groups in total. The second-order valence-electron chi connectivity index (χ2n) is 6.87. The summed E-state index contributed by atoms with van der Waals surface area (Å²) in [5.41, 5.74) is 1.90. The number of carbonyl (C=O) groups excluding carboxylic acids is 1. The van der Waals surface area contributed by atoms with Gasteiger partial charge in [-0.25, -0.2) is 4.39 Å². The molecule has 1 aromatic heterocycles. The third-order valence-corrected chi connectivity index (χ3v) is 6.23. The van der Waals surface area contributed by atoms with Crippen LogP contribution in [0.3, 0.4) is 0 Å². The lowest BCUT2D eigenvalue weighted by molar-refractivity contribution is -0.113. The van der Waals surface area contributed by atoms with Crippen LogP contribution in [0, 0.1) is 5.82 Å². The lowest BCUT2D eigenvalue weighted by atomic mass is 10.1. The Balaban J connectivity index is 1.47. The monoisotopic (exact) mass is 447 g/mol. The zero-order valence-corrected chi connectivity index (χ0v) is 17.7. The normalized spacial score (nSPS) is 12.6. The Morgan fingerprint density at radius 2 is 1.71 bits per heavy atom. The summed E-state index contributed by atoms with van der Waals surface area (Å²) in [5, 5.41) is 0.557. The molecule has 0 fully saturated rings. The number of hydrogen-bond donors (Lipinski definition) is 0. The molecule has 4 aromatic rings. The van der Waals surface area contributed by atoms with Crippen LogP contribution in [0.1, 0.15) is 5.76 Å². The highest BCUT2D eigenvalue weighted by Crippen LogP contribution is 2.48. The van der Waals surface area contributed by atoms with E-state index >= 15 is 0 Å². The quantitative estimate of drug-likeness (QED) is 0.303. The summed E-state index contributed by atoms with van der Waals surface area (Å²) >= 11 is 7.81. The van der Waals surface area contributed by atoms with Gasteiger partial charge in [0, 0.05) is 20.9 Å². The number of furan rings is 1. The fourth-order valence-electron chi connectivity index (χ4n) is 3.44. The van der Waals surface area contributed by atoms with Crippen molar-refractivity contribution in [2.24, 2.45) is 0 Å². The van der Waals surface area contributed by atoms with Gasteiger partial charge in [0.05, 0.1) is 16.9 Å². The van der Waals surface area contributed by atoms with E-state index in [0.29, 0.717) is 22.1 Å². The number of benzene rings is 3. The number of amides is 1. The summed E-state index contributed by atoms with van der Waals surface area (Å²) in [7, 11) is 0. The molecule has 0 aliphatic carbocycles. The van der Waals surface area contributed by atoms with Crippen LogP contribution in [0.5, 0.6) is 0 Å². The Morgan fingerprint density at radius 3 is 2.58 bits per heavy atom. The van der Waals surface area contributed by atoms with Gasteiger partial charge in [-0.15, -0.1) is 0 Å². The van der Waals surface area contributed by atoms with E-state index in [4.69, 9.17) is 16.0 Å². The molecule has 0 spiro atoms. The molecule has 1 amide bonds. The lowest BCUT2D eigenvalue weighted by Crippen LogP contribution is -2.26. The van der Waals surface area contributed by atoms with Gasteiger partial charge in [0.25, 0.3) is 5.91 Å². The summed E-state index contributed by atoms with van der Waals surface area (Å²) in [6.07, 6.45) is 3.03. The average molecular weight is 448 g/mol. The van der Waals surface area contributed by atoms with Crippen molar-refractivity contribution in [2.75, 3.05) is 4.90 Å². The molecule has 0 atom stereocenters. The van der Waals surface area contributed by atoms with Crippen molar-refractivity contribution in [3.8, 4) is 11.3 Å². The molecule has 0 bridgehead atoms. The molecule has 0 unspecified atom stereocenters. The minimum Gasteiger partial charge on any atom is -0.457 e. The van der Waals surface area contributed by atoms with E-state index in [1.54, 1.807) is 59.1 Å². The molecule has 152 valence electrons. The van der Waals surface area contributed by atoms with Crippen LogP contribution in [0.4, 0.5) is 15.8 Å². The molecule has 3 aromatic carbocycles. The van der Waals surface area contributed by atoms with Crippen molar-refractivity contribution in [3.05, 3.63) is 102 Å². The minimum absolute atomic E-state index is 0.236. The van der Waals surface area contributed by atoms with Crippen LogP contribution < -0.4 is 4.90 Å². The highest BCUT2D eigenvalue weighted by Gasteiger charge is 2.27. The maximum absolute atomic E-state index is 14.0. The molecule has 6 heteroatoms. The van der Waals surface area contributed by atoms with Crippen molar-refractivity contribution < 1.29 is 13.6 Å². The molecule has 1 aliphatic rings. The van der Waals surface area contributed by atoms with Gasteiger partial charge < -0.3 is 4.42 Å². The summed E-state index contributed by atoms with van der Waals surface area (Å²) in [6.45, 7) is 0. The largest absolute Gasteiger partial charge is 0.457 e. The predicted molar refractivity (Wildman–Crippen MR) is 122 cm³/mol. The van der Waals surface area contributed by atoms with E-state index < -0.39 is 0 Å². The standard InChI is InChI=1S/C25H15ClFNO2S/c26-16-9-13-24-21(15-16)28(20-7-3-4-8-23(20)31-24)25(29)14-11-17-10-12-22(30-17)18-5-1-2-6-19(18)27/h1-15H/b14-11+. The number of anilines is 2. The molecule has 0 radical (unpaired) electrons. The summed E-state index contributed by atoms with van der Waals surface area (Å²) in [6, 6.07) is 23.0. The lowest BCUT2D eigenvalue weighted by Gasteiger charge is -2.30. The predicted octanol–water partition coefficient (Wildman–Crippen LogP) is 7.58. The third-order valence-electron chi connectivity index (χ3n) is 4.86. The van der Waals surface area contributed by atoms with Crippen LogP contribution >= 0.6 is 23.4 Å². The summed E-state index contributed by atoms with van der Waals surface area (Å²) in [4.78, 5) is 16.8. The molecular formula is C25H15ClFNO2S. The van der Waals surface area contributed by atoms with Gasteiger partial charge in [0.1, 0.15) is 17.3 Å². The molecule has 0 saturated heterocycles. The van der Waals surface area contributed by atoms with Gasteiger partial charge in [-0.3, -0.25) is 9.69 Å². The Hall–Kier alpha value is -3.28. The van der Waals surface area contributed by atoms with Crippen LogP contribution in [-0.4, -0.2) is 5.91 Å². The maximum atomic E-state index is 14.0. The van der Waals surface area contributed by atoms with Crippen molar-refractivity contribution in [3.63, 3.8) is 0 Å². The SMILES string of the molecule is O=C(/C=C/c1ccc(-c2ccccc2F)o1)N1c2ccccc2Sc2ccc(Cl)cc21. The first kappa shape index (κ1) is 19.7. The van der Waals surface area contributed by atoms with E-state index in [-0.39, 0.29) is 11.7 Å². The van der Waals surface area contributed by atoms with Crippen molar-refractivity contribution in [1.29, 1.82) is 0 Å². The summed E-state index contributed by atoms with van der Waals surface area (Å²) < 4.78 is 19.7. The van der Waals surface area contributed by atoms with Crippen molar-refractivity contribution in [1.82, 2.24) is 0 Å². The van der Waals surface area contributed by atoms with Crippen LogP contribution in [0.25, 0.3) is 17.4 Å². The number of hydrogen-bond acceptors (Lipinski definition) is 3. The number of rotatable bonds is 3. The fraction of sp³-hybridized carbons (Fsp3) is 0. The first-order valence-electron chi connectivity index (χ1n) is 9.53. The average Bonchev–Trinajstić information content (AvgIpc) is 3.25. The second kappa shape index (κ2) is 8.10. The molecule has 1 aliphatic heterocycles. The molecule has 31 heavy (non-hydrogen) atoms. The topological polar surface area (TPSA) is 33.5 Å². The highest BCUT2D eigenvalue weighted by atomic mass is 35.5. The Morgan fingerprint density at radius 1 is 0.935 bits per heavy atom. The molecule has 5 rings (SSSR count). The zero-order chi connectivity index (χ0) is 21.4. The first-order chi connectivity index (χ1) is 15.1. The first-order valence-corrected chi connectivity index (χ1v) is 10.7. The van der Waals surface area contributed by atoms with E-state index in [1.807, 2.05) is 36.4 Å². The van der Waals surface area contributed by atoms with E-state index in [1.165, 1.54) is 12.1 Å². The third kappa shape index (κ3) is 3.78. The van der Waals surface area contributed by atoms with Crippen molar-refractivity contribution >= 4 is 46.7 Å². The number of carbonyl (C=O) groups is 1. The molecule has 2 heterocycles. The molecule has 0 saturated carbocycles. The van der Waals surface area contributed by atoms with Gasteiger partial charge in [0.15, 0.2) is 0 Å². The number of para-hydroxylation sites is 1. The van der Waals surface area contributed by atoms with Gasteiger partial charge >= 0.3 is 0 Å².